The van der Waals surface area contributed by atoms with Crippen LogP contribution in [0.5, 0.6) is 0 Å². The standard InChI is InChI=1S/C21H22ClN3O/c22-19-8-6-18(7-9-19)21-24-23-20(26-21)15-25-12-10-17(11-13-25)14-16-4-2-1-3-5-16/h1-9,17H,10-15H2. The van der Waals surface area contributed by atoms with Crippen molar-refractivity contribution in [3.63, 3.8) is 0 Å². The summed E-state index contributed by atoms with van der Waals surface area (Å²) >= 11 is 5.92. The van der Waals surface area contributed by atoms with Crippen molar-refractivity contribution in [2.75, 3.05) is 13.1 Å². The molecule has 0 bridgehead atoms. The molecule has 2 aromatic carbocycles. The van der Waals surface area contributed by atoms with Crippen molar-refractivity contribution in [2.24, 2.45) is 5.92 Å². The molecular weight excluding hydrogens is 346 g/mol. The van der Waals surface area contributed by atoms with Crippen LogP contribution in [0.2, 0.25) is 5.02 Å². The highest BCUT2D eigenvalue weighted by Crippen LogP contribution is 2.24. The topological polar surface area (TPSA) is 42.2 Å². The van der Waals surface area contributed by atoms with Gasteiger partial charge in [0.15, 0.2) is 0 Å². The molecule has 134 valence electrons. The highest BCUT2D eigenvalue weighted by atomic mass is 35.5. The zero-order valence-electron chi connectivity index (χ0n) is 14.6. The number of halogens is 1. The minimum Gasteiger partial charge on any atom is -0.419 e. The maximum Gasteiger partial charge on any atom is 0.247 e. The summed E-state index contributed by atoms with van der Waals surface area (Å²) in [6, 6.07) is 18.2. The molecule has 0 spiro atoms. The van der Waals surface area contributed by atoms with Gasteiger partial charge in [0.05, 0.1) is 6.54 Å². The van der Waals surface area contributed by atoms with E-state index in [1.807, 2.05) is 24.3 Å². The van der Waals surface area contributed by atoms with E-state index >= 15 is 0 Å². The van der Waals surface area contributed by atoms with E-state index in [2.05, 4.69) is 45.4 Å². The molecule has 1 saturated heterocycles. The predicted octanol–water partition coefficient (Wildman–Crippen LogP) is 4.84. The Balaban J connectivity index is 1.30. The Morgan fingerprint density at radius 1 is 0.962 bits per heavy atom. The lowest BCUT2D eigenvalue weighted by molar-refractivity contribution is 0.164. The number of piperidine rings is 1. The summed E-state index contributed by atoms with van der Waals surface area (Å²) in [4.78, 5) is 2.40. The molecule has 2 heterocycles. The number of rotatable bonds is 5. The molecule has 0 aliphatic carbocycles. The first-order valence-corrected chi connectivity index (χ1v) is 9.48. The van der Waals surface area contributed by atoms with Gasteiger partial charge in [0.2, 0.25) is 11.8 Å². The Bertz CT molecular complexity index is 824. The first kappa shape index (κ1) is 17.3. The molecule has 0 radical (unpaired) electrons. The van der Waals surface area contributed by atoms with Crippen LogP contribution in [-0.2, 0) is 13.0 Å². The minimum atomic E-state index is 0.552. The lowest BCUT2D eigenvalue weighted by Gasteiger charge is -2.31. The van der Waals surface area contributed by atoms with E-state index in [-0.39, 0.29) is 0 Å². The maximum atomic E-state index is 5.92. The van der Waals surface area contributed by atoms with Crippen molar-refractivity contribution in [3.05, 3.63) is 71.1 Å². The van der Waals surface area contributed by atoms with Gasteiger partial charge in [-0.1, -0.05) is 41.9 Å². The Morgan fingerprint density at radius 3 is 2.42 bits per heavy atom. The average Bonchev–Trinajstić information content (AvgIpc) is 3.13. The van der Waals surface area contributed by atoms with E-state index in [9.17, 15) is 0 Å². The van der Waals surface area contributed by atoms with Crippen molar-refractivity contribution in [2.45, 2.75) is 25.8 Å². The van der Waals surface area contributed by atoms with Gasteiger partial charge in [0.1, 0.15) is 0 Å². The number of hydrogen-bond donors (Lipinski definition) is 0. The van der Waals surface area contributed by atoms with Gasteiger partial charge in [-0.3, -0.25) is 4.90 Å². The molecule has 26 heavy (non-hydrogen) atoms. The Morgan fingerprint density at radius 2 is 1.69 bits per heavy atom. The Labute approximate surface area is 158 Å². The molecular formula is C21H22ClN3O. The third-order valence-electron chi connectivity index (χ3n) is 4.99. The van der Waals surface area contributed by atoms with Crippen molar-refractivity contribution in [3.8, 4) is 11.5 Å². The van der Waals surface area contributed by atoms with Crippen LogP contribution in [-0.4, -0.2) is 28.2 Å². The highest BCUT2D eigenvalue weighted by molar-refractivity contribution is 6.30. The number of benzene rings is 2. The average molecular weight is 368 g/mol. The molecule has 3 aromatic rings. The summed E-state index contributed by atoms with van der Waals surface area (Å²) in [5.74, 6) is 1.99. The van der Waals surface area contributed by atoms with Crippen molar-refractivity contribution in [1.82, 2.24) is 15.1 Å². The number of nitrogens with zero attached hydrogens (tertiary/aromatic N) is 3. The second-order valence-electron chi connectivity index (χ2n) is 6.92. The Hall–Kier alpha value is -2.17. The summed E-state index contributed by atoms with van der Waals surface area (Å²) < 4.78 is 5.83. The quantitative estimate of drug-likeness (QED) is 0.646. The van der Waals surface area contributed by atoms with E-state index in [1.54, 1.807) is 0 Å². The molecule has 1 aliphatic rings. The second kappa shape index (κ2) is 8.02. The molecule has 1 aliphatic heterocycles. The molecule has 1 aromatic heterocycles. The normalized spacial score (nSPS) is 16.0. The van der Waals surface area contributed by atoms with Crippen LogP contribution in [0.15, 0.2) is 59.0 Å². The van der Waals surface area contributed by atoms with Crippen molar-refractivity contribution in [1.29, 1.82) is 0 Å². The van der Waals surface area contributed by atoms with E-state index in [1.165, 1.54) is 24.8 Å². The fourth-order valence-electron chi connectivity index (χ4n) is 3.51. The molecule has 1 fully saturated rings. The molecule has 0 N–H and O–H groups in total. The van der Waals surface area contributed by atoms with Gasteiger partial charge in [-0.2, -0.15) is 0 Å². The molecule has 0 saturated carbocycles. The highest BCUT2D eigenvalue weighted by Gasteiger charge is 2.21. The van der Waals surface area contributed by atoms with Crippen LogP contribution in [0.25, 0.3) is 11.5 Å². The predicted molar refractivity (Wildman–Crippen MR) is 103 cm³/mol. The zero-order valence-corrected chi connectivity index (χ0v) is 15.4. The van der Waals surface area contributed by atoms with Gasteiger partial charge in [0, 0.05) is 10.6 Å². The fraction of sp³-hybridized carbons (Fsp3) is 0.333. The zero-order chi connectivity index (χ0) is 17.8. The maximum absolute atomic E-state index is 5.92. The lowest BCUT2D eigenvalue weighted by Crippen LogP contribution is -2.33. The van der Waals surface area contributed by atoms with Crippen molar-refractivity contribution >= 4 is 11.6 Å². The third-order valence-corrected chi connectivity index (χ3v) is 5.24. The van der Waals surface area contributed by atoms with Crippen LogP contribution in [0.1, 0.15) is 24.3 Å². The van der Waals surface area contributed by atoms with E-state index in [0.29, 0.717) is 16.8 Å². The summed E-state index contributed by atoms with van der Waals surface area (Å²) in [5.41, 5.74) is 2.34. The molecule has 5 heteroatoms. The van der Waals surface area contributed by atoms with Gasteiger partial charge < -0.3 is 4.42 Å². The van der Waals surface area contributed by atoms with E-state index < -0.39 is 0 Å². The van der Waals surface area contributed by atoms with Crippen LogP contribution in [0, 0.1) is 5.92 Å². The molecule has 4 rings (SSSR count). The first-order chi connectivity index (χ1) is 12.8. The second-order valence-corrected chi connectivity index (χ2v) is 7.35. The SMILES string of the molecule is Clc1ccc(-c2nnc(CN3CCC(Cc4ccccc4)CC3)o2)cc1. The first-order valence-electron chi connectivity index (χ1n) is 9.11. The van der Waals surface area contributed by atoms with Gasteiger partial charge in [0.25, 0.3) is 0 Å². The van der Waals surface area contributed by atoms with E-state index in [4.69, 9.17) is 16.0 Å². The van der Waals surface area contributed by atoms with Gasteiger partial charge in [-0.25, -0.2) is 0 Å². The number of likely N-dealkylation sites (tertiary alicyclic amines) is 1. The van der Waals surface area contributed by atoms with Crippen LogP contribution < -0.4 is 0 Å². The molecule has 0 atom stereocenters. The smallest absolute Gasteiger partial charge is 0.247 e. The van der Waals surface area contributed by atoms with Crippen LogP contribution >= 0.6 is 11.6 Å². The number of aromatic nitrogens is 2. The molecule has 0 unspecified atom stereocenters. The van der Waals surface area contributed by atoms with Gasteiger partial charge in [-0.05, 0) is 68.1 Å². The third kappa shape index (κ3) is 4.32. The molecule has 4 nitrogen and oxygen atoms in total. The summed E-state index contributed by atoms with van der Waals surface area (Å²) in [6.07, 6.45) is 3.61. The monoisotopic (exact) mass is 367 g/mol. The summed E-state index contributed by atoms with van der Waals surface area (Å²) in [5, 5.41) is 9.07. The van der Waals surface area contributed by atoms with Crippen LogP contribution in [0.3, 0.4) is 0 Å². The summed E-state index contributed by atoms with van der Waals surface area (Å²) in [7, 11) is 0. The minimum absolute atomic E-state index is 0.552. The van der Waals surface area contributed by atoms with E-state index in [0.717, 1.165) is 31.1 Å². The Kier molecular flexibility index (Phi) is 5.32. The number of hydrogen-bond acceptors (Lipinski definition) is 4. The molecule has 0 amide bonds. The van der Waals surface area contributed by atoms with Crippen LogP contribution in [0.4, 0.5) is 0 Å². The van der Waals surface area contributed by atoms with Gasteiger partial charge in [-0.15, -0.1) is 10.2 Å². The lowest BCUT2D eigenvalue weighted by atomic mass is 9.90. The largest absolute Gasteiger partial charge is 0.419 e. The van der Waals surface area contributed by atoms with Gasteiger partial charge >= 0.3 is 0 Å². The van der Waals surface area contributed by atoms with Crippen molar-refractivity contribution < 1.29 is 4.42 Å². The fourth-order valence-corrected chi connectivity index (χ4v) is 3.64. The summed E-state index contributed by atoms with van der Waals surface area (Å²) in [6.45, 7) is 2.88.